The van der Waals surface area contributed by atoms with E-state index in [2.05, 4.69) is 89.4 Å². The fraction of sp³-hybridized carbons (Fsp3) is 0.400. The van der Waals surface area contributed by atoms with Gasteiger partial charge in [0.1, 0.15) is 0 Å². The Kier molecular flexibility index (Phi) is 8.29. The molecule has 2 aromatic carbocycles. The van der Waals surface area contributed by atoms with E-state index >= 15 is 0 Å². The zero-order chi connectivity index (χ0) is 22.2. The molecule has 31 heavy (non-hydrogen) atoms. The molecular formula is C25H32N4OS. The van der Waals surface area contributed by atoms with Gasteiger partial charge in [-0.05, 0) is 44.9 Å². The van der Waals surface area contributed by atoms with Crippen LogP contribution in [0, 0.1) is 13.8 Å². The number of aromatic nitrogens is 3. The van der Waals surface area contributed by atoms with Crippen molar-refractivity contribution in [3.63, 3.8) is 0 Å². The molecule has 0 bridgehead atoms. The second-order valence-corrected chi connectivity index (χ2v) is 8.98. The number of hydrogen-bond donors (Lipinski definition) is 1. The lowest BCUT2D eigenvalue weighted by molar-refractivity contribution is -0.121. The van der Waals surface area contributed by atoms with E-state index in [1.165, 1.54) is 16.7 Å². The van der Waals surface area contributed by atoms with Gasteiger partial charge in [0, 0.05) is 17.9 Å². The van der Waals surface area contributed by atoms with Gasteiger partial charge in [0.2, 0.25) is 5.91 Å². The second-order valence-electron chi connectivity index (χ2n) is 8.04. The van der Waals surface area contributed by atoms with Crippen LogP contribution in [0.4, 0.5) is 0 Å². The van der Waals surface area contributed by atoms with Gasteiger partial charge in [0.15, 0.2) is 11.0 Å². The molecular weight excluding hydrogens is 404 g/mol. The summed E-state index contributed by atoms with van der Waals surface area (Å²) in [5.41, 5.74) is 4.70. The summed E-state index contributed by atoms with van der Waals surface area (Å²) in [6.45, 7) is 8.29. The first-order valence-corrected chi connectivity index (χ1v) is 12.0. The fourth-order valence-corrected chi connectivity index (χ4v) is 4.36. The van der Waals surface area contributed by atoms with Crippen LogP contribution in [0.5, 0.6) is 0 Å². The number of rotatable bonds is 10. The van der Waals surface area contributed by atoms with E-state index in [4.69, 9.17) is 0 Å². The maximum atomic E-state index is 12.4. The Labute approximate surface area is 189 Å². The summed E-state index contributed by atoms with van der Waals surface area (Å²) in [6.07, 6.45) is 3.64. The van der Waals surface area contributed by atoms with Gasteiger partial charge >= 0.3 is 0 Å². The van der Waals surface area contributed by atoms with E-state index in [0.717, 1.165) is 41.7 Å². The van der Waals surface area contributed by atoms with E-state index in [0.29, 0.717) is 6.42 Å². The molecule has 0 aliphatic carbocycles. The molecule has 1 N–H and O–H groups in total. The first kappa shape index (κ1) is 23.1. The van der Waals surface area contributed by atoms with Crippen LogP contribution in [0.1, 0.15) is 68.1 Å². The minimum atomic E-state index is -0.226. The number of nitrogens with zero attached hydrogens (tertiary/aromatic N) is 3. The molecule has 1 aromatic heterocycles. The SMILES string of the molecule is CCCCCC(=O)NC(C)c1nnc(SCc2cccc(C)c2)n1-c1ccc(C)cc1. The molecule has 0 saturated heterocycles. The molecule has 1 amide bonds. The monoisotopic (exact) mass is 436 g/mol. The molecule has 164 valence electrons. The molecule has 0 fully saturated rings. The van der Waals surface area contributed by atoms with Gasteiger partial charge in [-0.25, -0.2) is 0 Å². The molecule has 3 rings (SSSR count). The molecule has 0 radical (unpaired) electrons. The Hall–Kier alpha value is -2.60. The van der Waals surface area contributed by atoms with Crippen molar-refractivity contribution in [1.82, 2.24) is 20.1 Å². The van der Waals surface area contributed by atoms with Gasteiger partial charge in [-0.1, -0.05) is 79.1 Å². The van der Waals surface area contributed by atoms with Crippen LogP contribution >= 0.6 is 11.8 Å². The maximum absolute atomic E-state index is 12.4. The Morgan fingerprint density at radius 1 is 1.06 bits per heavy atom. The molecule has 1 unspecified atom stereocenters. The van der Waals surface area contributed by atoms with Crippen LogP contribution in [0.2, 0.25) is 0 Å². The third kappa shape index (κ3) is 6.44. The van der Waals surface area contributed by atoms with E-state index in [-0.39, 0.29) is 11.9 Å². The van der Waals surface area contributed by atoms with Crippen molar-refractivity contribution >= 4 is 17.7 Å². The lowest BCUT2D eigenvalue weighted by Gasteiger charge is -2.16. The maximum Gasteiger partial charge on any atom is 0.220 e. The topological polar surface area (TPSA) is 59.8 Å². The number of hydrogen-bond acceptors (Lipinski definition) is 4. The third-order valence-electron chi connectivity index (χ3n) is 5.17. The molecule has 0 aliphatic heterocycles. The normalized spacial score (nSPS) is 12.0. The summed E-state index contributed by atoms with van der Waals surface area (Å²) in [6, 6.07) is 16.6. The number of nitrogens with one attached hydrogen (secondary N) is 1. The molecule has 0 saturated carbocycles. The van der Waals surface area contributed by atoms with Crippen LogP contribution in [0.3, 0.4) is 0 Å². The van der Waals surface area contributed by atoms with Gasteiger partial charge in [-0.15, -0.1) is 10.2 Å². The quantitative estimate of drug-likeness (QED) is 0.316. The van der Waals surface area contributed by atoms with Crippen molar-refractivity contribution in [3.05, 3.63) is 71.0 Å². The second kappa shape index (κ2) is 11.1. The standard InChI is InChI=1S/C25H32N4OS/c1-5-6-7-11-23(30)26-20(4)24-27-28-25(29(24)22-14-12-18(2)13-15-22)31-17-21-10-8-9-19(3)16-21/h8-10,12-16,20H,5-7,11,17H2,1-4H3,(H,26,30). The molecule has 5 nitrogen and oxygen atoms in total. The Bertz CT molecular complexity index is 997. The Balaban J connectivity index is 1.83. The number of unbranched alkanes of at least 4 members (excludes halogenated alkanes) is 2. The van der Waals surface area contributed by atoms with Gasteiger partial charge in [0.25, 0.3) is 0 Å². The van der Waals surface area contributed by atoms with Crippen molar-refractivity contribution in [2.75, 3.05) is 0 Å². The number of thioether (sulfide) groups is 1. The zero-order valence-corrected chi connectivity index (χ0v) is 19.7. The minimum absolute atomic E-state index is 0.0633. The highest BCUT2D eigenvalue weighted by atomic mass is 32.2. The van der Waals surface area contributed by atoms with E-state index in [9.17, 15) is 4.79 Å². The highest BCUT2D eigenvalue weighted by molar-refractivity contribution is 7.98. The Morgan fingerprint density at radius 3 is 2.55 bits per heavy atom. The molecule has 1 heterocycles. The van der Waals surface area contributed by atoms with E-state index in [1.807, 2.05) is 6.92 Å². The number of carbonyl (C=O) groups is 1. The Morgan fingerprint density at radius 2 is 1.84 bits per heavy atom. The van der Waals surface area contributed by atoms with Crippen molar-refractivity contribution in [1.29, 1.82) is 0 Å². The summed E-state index contributed by atoms with van der Waals surface area (Å²) in [5, 5.41) is 12.9. The molecule has 1 atom stereocenters. The van der Waals surface area contributed by atoms with Gasteiger partial charge in [0.05, 0.1) is 6.04 Å². The molecule has 0 aliphatic rings. The van der Waals surface area contributed by atoms with Crippen molar-refractivity contribution in [2.45, 2.75) is 70.3 Å². The van der Waals surface area contributed by atoms with Crippen molar-refractivity contribution < 1.29 is 4.79 Å². The van der Waals surface area contributed by atoms with Crippen molar-refractivity contribution in [2.24, 2.45) is 0 Å². The summed E-state index contributed by atoms with van der Waals surface area (Å²) in [7, 11) is 0. The average molecular weight is 437 g/mol. The summed E-state index contributed by atoms with van der Waals surface area (Å²) in [5.74, 6) is 1.62. The van der Waals surface area contributed by atoms with E-state index < -0.39 is 0 Å². The smallest absolute Gasteiger partial charge is 0.220 e. The number of aryl methyl sites for hydroxylation is 2. The zero-order valence-electron chi connectivity index (χ0n) is 18.9. The van der Waals surface area contributed by atoms with Crippen LogP contribution in [-0.4, -0.2) is 20.7 Å². The third-order valence-corrected chi connectivity index (χ3v) is 6.17. The van der Waals surface area contributed by atoms with Gasteiger partial charge < -0.3 is 5.32 Å². The first-order chi connectivity index (χ1) is 15.0. The van der Waals surface area contributed by atoms with Gasteiger partial charge in [-0.2, -0.15) is 0 Å². The fourth-order valence-electron chi connectivity index (χ4n) is 3.46. The number of benzene rings is 2. The highest BCUT2D eigenvalue weighted by Crippen LogP contribution is 2.28. The number of carbonyl (C=O) groups excluding carboxylic acids is 1. The van der Waals surface area contributed by atoms with Crippen LogP contribution in [-0.2, 0) is 10.5 Å². The minimum Gasteiger partial charge on any atom is -0.346 e. The lowest BCUT2D eigenvalue weighted by Crippen LogP contribution is -2.28. The van der Waals surface area contributed by atoms with E-state index in [1.54, 1.807) is 11.8 Å². The summed E-state index contributed by atoms with van der Waals surface area (Å²) < 4.78 is 2.07. The van der Waals surface area contributed by atoms with Crippen LogP contribution < -0.4 is 5.32 Å². The number of amides is 1. The van der Waals surface area contributed by atoms with Crippen LogP contribution in [0.15, 0.2) is 53.7 Å². The largest absolute Gasteiger partial charge is 0.346 e. The molecule has 3 aromatic rings. The molecule has 6 heteroatoms. The predicted molar refractivity (Wildman–Crippen MR) is 128 cm³/mol. The van der Waals surface area contributed by atoms with Gasteiger partial charge in [-0.3, -0.25) is 9.36 Å². The van der Waals surface area contributed by atoms with Crippen LogP contribution in [0.25, 0.3) is 5.69 Å². The lowest BCUT2D eigenvalue weighted by atomic mass is 10.2. The first-order valence-electron chi connectivity index (χ1n) is 11.0. The molecule has 0 spiro atoms. The highest BCUT2D eigenvalue weighted by Gasteiger charge is 2.21. The predicted octanol–water partition coefficient (Wildman–Crippen LogP) is 5.93. The van der Waals surface area contributed by atoms with Crippen molar-refractivity contribution in [3.8, 4) is 5.69 Å². The summed E-state index contributed by atoms with van der Waals surface area (Å²) in [4.78, 5) is 12.4. The summed E-state index contributed by atoms with van der Waals surface area (Å²) >= 11 is 1.66. The average Bonchev–Trinajstić information content (AvgIpc) is 3.17.